The van der Waals surface area contributed by atoms with Gasteiger partial charge in [0.15, 0.2) is 0 Å². The van der Waals surface area contributed by atoms with Crippen molar-refractivity contribution in [3.63, 3.8) is 0 Å². The van der Waals surface area contributed by atoms with E-state index in [0.29, 0.717) is 5.92 Å². The first-order chi connectivity index (χ1) is 3.80. The molecule has 1 aliphatic carbocycles. The quantitative estimate of drug-likeness (QED) is 0.454. The third-order valence-electron chi connectivity index (χ3n) is 1.85. The summed E-state index contributed by atoms with van der Waals surface area (Å²) in [6.07, 6.45) is 7.02. The molecule has 0 aliphatic heterocycles. The molecule has 0 fully saturated rings. The summed E-state index contributed by atoms with van der Waals surface area (Å²) in [5.41, 5.74) is 0. The van der Waals surface area contributed by atoms with Gasteiger partial charge in [0.1, 0.15) is 0 Å². The van der Waals surface area contributed by atoms with Gasteiger partial charge in [-0.25, -0.2) is 0 Å². The third-order valence-corrected chi connectivity index (χ3v) is 1.85. The van der Waals surface area contributed by atoms with E-state index in [-0.39, 0.29) is 0 Å². The molecule has 0 saturated carbocycles. The average molecular weight is 109 g/mol. The van der Waals surface area contributed by atoms with Crippen LogP contribution in [0.15, 0.2) is 12.2 Å². The molecule has 0 N–H and O–H groups in total. The van der Waals surface area contributed by atoms with Gasteiger partial charge in [-0.2, -0.15) is 0 Å². The van der Waals surface area contributed by atoms with E-state index in [1.165, 1.54) is 12.8 Å². The zero-order valence-corrected chi connectivity index (χ0v) is 5.43. The largest absolute Gasteiger partial charge is 0.0882 e. The first-order valence-corrected chi connectivity index (χ1v) is 3.29. The summed E-state index contributed by atoms with van der Waals surface area (Å²) < 4.78 is 0. The van der Waals surface area contributed by atoms with Crippen molar-refractivity contribution in [3.05, 3.63) is 19.1 Å². The number of allylic oxidation sites excluding steroid dienone is 2. The van der Waals surface area contributed by atoms with Gasteiger partial charge in [0.05, 0.1) is 0 Å². The summed E-state index contributed by atoms with van der Waals surface area (Å²) in [6, 6.07) is 0. The van der Waals surface area contributed by atoms with Crippen molar-refractivity contribution in [1.82, 2.24) is 0 Å². The molecule has 0 spiro atoms. The molecular weight excluding hydrogens is 96.1 g/mol. The molecule has 0 heteroatoms. The van der Waals surface area contributed by atoms with Crippen molar-refractivity contribution in [2.75, 3.05) is 0 Å². The molecule has 1 rings (SSSR count). The second-order valence-electron chi connectivity index (χ2n) is 2.68. The molecule has 0 aromatic carbocycles. The fourth-order valence-electron chi connectivity index (χ4n) is 1.10. The maximum absolute atomic E-state index is 3.98. The summed E-state index contributed by atoms with van der Waals surface area (Å²) in [7, 11) is 0. The van der Waals surface area contributed by atoms with Crippen LogP contribution < -0.4 is 0 Å². The van der Waals surface area contributed by atoms with Gasteiger partial charge in [-0.3, -0.25) is 0 Å². The summed E-state index contributed by atoms with van der Waals surface area (Å²) in [5, 5.41) is 0. The Kier molecular flexibility index (Phi) is 1.72. The van der Waals surface area contributed by atoms with Gasteiger partial charge < -0.3 is 0 Å². The average Bonchev–Trinajstić information content (AvgIpc) is 2.12. The van der Waals surface area contributed by atoms with Crippen molar-refractivity contribution in [2.45, 2.75) is 19.8 Å². The topological polar surface area (TPSA) is 0 Å². The van der Waals surface area contributed by atoms with Crippen LogP contribution in [0.1, 0.15) is 19.8 Å². The van der Waals surface area contributed by atoms with Crippen LogP contribution in [0.3, 0.4) is 0 Å². The Morgan fingerprint density at radius 3 is 2.25 bits per heavy atom. The lowest BCUT2D eigenvalue weighted by Crippen LogP contribution is -2.02. The minimum absolute atomic E-state index is 0.630. The van der Waals surface area contributed by atoms with Gasteiger partial charge in [0.2, 0.25) is 0 Å². The highest BCUT2D eigenvalue weighted by atomic mass is 14.2. The minimum atomic E-state index is 0.630. The number of hydrogen-bond donors (Lipinski definition) is 0. The highest BCUT2D eigenvalue weighted by molar-refractivity contribution is 4.95. The van der Waals surface area contributed by atoms with Crippen molar-refractivity contribution in [1.29, 1.82) is 0 Å². The smallest absolute Gasteiger partial charge is 0.0317 e. The Morgan fingerprint density at radius 1 is 1.50 bits per heavy atom. The summed E-state index contributed by atoms with van der Waals surface area (Å²) in [6.45, 7) is 6.17. The zero-order valence-electron chi connectivity index (χ0n) is 5.43. The van der Waals surface area contributed by atoms with Crippen LogP contribution >= 0.6 is 0 Å². The molecule has 1 atom stereocenters. The Balaban J connectivity index is 2.29. The highest BCUT2D eigenvalue weighted by Crippen LogP contribution is 2.24. The summed E-state index contributed by atoms with van der Waals surface area (Å²) >= 11 is 0. The maximum atomic E-state index is 3.98. The molecule has 0 aromatic heterocycles. The van der Waals surface area contributed by atoms with Crippen LogP contribution in [-0.2, 0) is 0 Å². The minimum Gasteiger partial charge on any atom is -0.0882 e. The van der Waals surface area contributed by atoms with E-state index in [9.17, 15) is 0 Å². The van der Waals surface area contributed by atoms with Gasteiger partial charge in [-0.05, 0) is 24.7 Å². The zero-order chi connectivity index (χ0) is 5.98. The molecule has 0 amide bonds. The number of rotatable bonds is 1. The van der Waals surface area contributed by atoms with Crippen molar-refractivity contribution < 1.29 is 0 Å². The Hall–Kier alpha value is -0.260. The van der Waals surface area contributed by atoms with Gasteiger partial charge in [0.25, 0.3) is 0 Å². The summed E-state index contributed by atoms with van der Waals surface area (Å²) in [4.78, 5) is 0. The molecule has 0 aromatic rings. The van der Waals surface area contributed by atoms with Gasteiger partial charge in [-0.15, -0.1) is 0 Å². The van der Waals surface area contributed by atoms with E-state index in [0.717, 1.165) is 5.92 Å². The van der Waals surface area contributed by atoms with E-state index in [1.54, 1.807) is 0 Å². The molecule has 1 radical (unpaired) electrons. The first-order valence-electron chi connectivity index (χ1n) is 3.29. The fraction of sp³-hybridized carbons (Fsp3) is 0.625. The molecule has 0 nitrogen and oxygen atoms in total. The van der Waals surface area contributed by atoms with Crippen molar-refractivity contribution >= 4 is 0 Å². The van der Waals surface area contributed by atoms with E-state index in [4.69, 9.17) is 0 Å². The first kappa shape index (κ1) is 5.87. The van der Waals surface area contributed by atoms with Gasteiger partial charge in [-0.1, -0.05) is 26.0 Å². The predicted octanol–water partition coefficient (Wildman–Crippen LogP) is 2.42. The van der Waals surface area contributed by atoms with E-state index in [2.05, 4.69) is 26.0 Å². The lowest BCUT2D eigenvalue weighted by atomic mass is 9.94. The lowest BCUT2D eigenvalue weighted by Gasteiger charge is -2.11. The molecule has 0 saturated heterocycles. The normalized spacial score (nSPS) is 20.9. The SMILES string of the molecule is [CH2]C(C)C1CC=CC1. The Morgan fingerprint density at radius 2 is 2.00 bits per heavy atom. The Bertz CT molecular complexity index is 82.2. The second-order valence-corrected chi connectivity index (χ2v) is 2.68. The van der Waals surface area contributed by atoms with Gasteiger partial charge in [0, 0.05) is 0 Å². The van der Waals surface area contributed by atoms with E-state index < -0.39 is 0 Å². The van der Waals surface area contributed by atoms with Crippen molar-refractivity contribution in [3.8, 4) is 0 Å². The second kappa shape index (κ2) is 2.34. The fourth-order valence-corrected chi connectivity index (χ4v) is 1.10. The molecule has 1 aliphatic rings. The monoisotopic (exact) mass is 109 g/mol. The maximum Gasteiger partial charge on any atom is -0.0317 e. The standard InChI is InChI=1S/C8H13/c1-7(2)8-5-3-4-6-8/h3-4,7-8H,1,5-6H2,2H3. The predicted molar refractivity (Wildman–Crippen MR) is 36.4 cm³/mol. The van der Waals surface area contributed by atoms with Crippen LogP contribution in [-0.4, -0.2) is 0 Å². The van der Waals surface area contributed by atoms with Crippen molar-refractivity contribution in [2.24, 2.45) is 11.8 Å². The number of hydrogen-bond acceptors (Lipinski definition) is 0. The third kappa shape index (κ3) is 1.12. The van der Waals surface area contributed by atoms with E-state index >= 15 is 0 Å². The lowest BCUT2D eigenvalue weighted by molar-refractivity contribution is 0.446. The molecule has 0 bridgehead atoms. The van der Waals surface area contributed by atoms with E-state index in [1.807, 2.05) is 0 Å². The van der Waals surface area contributed by atoms with Gasteiger partial charge >= 0.3 is 0 Å². The Labute approximate surface area is 51.6 Å². The van der Waals surface area contributed by atoms with Crippen LogP contribution in [0.5, 0.6) is 0 Å². The molecular formula is C8H13. The van der Waals surface area contributed by atoms with Crippen LogP contribution in [0.4, 0.5) is 0 Å². The molecule has 1 unspecified atom stereocenters. The molecule has 45 valence electrons. The summed E-state index contributed by atoms with van der Waals surface area (Å²) in [5.74, 6) is 1.47. The molecule has 0 heterocycles. The molecule has 8 heavy (non-hydrogen) atoms. The van der Waals surface area contributed by atoms with Crippen LogP contribution in [0.2, 0.25) is 0 Å². The van der Waals surface area contributed by atoms with Crippen LogP contribution in [0.25, 0.3) is 0 Å². The van der Waals surface area contributed by atoms with Crippen LogP contribution in [0, 0.1) is 18.8 Å². The highest BCUT2D eigenvalue weighted by Gasteiger charge is 2.12.